The van der Waals surface area contributed by atoms with Gasteiger partial charge < -0.3 is 4.42 Å². The molecule has 0 radical (unpaired) electrons. The summed E-state index contributed by atoms with van der Waals surface area (Å²) in [5.41, 5.74) is 1.23. The second-order valence-electron chi connectivity index (χ2n) is 3.92. The molecule has 0 saturated carbocycles. The first kappa shape index (κ1) is 11.6. The van der Waals surface area contributed by atoms with Crippen LogP contribution in [0.5, 0.6) is 0 Å². The first-order chi connectivity index (χ1) is 8.11. The third-order valence-electron chi connectivity index (χ3n) is 2.59. The molecule has 0 aliphatic rings. The van der Waals surface area contributed by atoms with Gasteiger partial charge in [-0.25, -0.2) is 4.39 Å². The topological polar surface area (TPSA) is 30.2 Å². The molecule has 3 heteroatoms. The van der Waals surface area contributed by atoms with E-state index in [9.17, 15) is 9.18 Å². The number of benzene rings is 1. The van der Waals surface area contributed by atoms with Gasteiger partial charge in [-0.1, -0.05) is 13.0 Å². The van der Waals surface area contributed by atoms with Crippen molar-refractivity contribution in [3.63, 3.8) is 0 Å². The minimum Gasteiger partial charge on any atom is -0.453 e. The monoisotopic (exact) mass is 232 g/mol. The van der Waals surface area contributed by atoms with Gasteiger partial charge >= 0.3 is 0 Å². The predicted octanol–water partition coefficient (Wildman–Crippen LogP) is 3.99. The summed E-state index contributed by atoms with van der Waals surface area (Å²) < 4.78 is 19.0. The number of halogens is 1. The van der Waals surface area contributed by atoms with Crippen molar-refractivity contribution in [1.82, 2.24) is 0 Å². The molecule has 1 aromatic heterocycles. The van der Waals surface area contributed by atoms with E-state index in [0.29, 0.717) is 17.7 Å². The number of carbonyl (C=O) groups excluding carboxylic acids is 1. The minimum atomic E-state index is -0.338. The van der Waals surface area contributed by atoms with Gasteiger partial charge in [-0.3, -0.25) is 4.79 Å². The number of hydrogen-bond donors (Lipinski definition) is 0. The molecule has 1 aromatic carbocycles. The highest BCUT2D eigenvalue weighted by Crippen LogP contribution is 2.26. The molecule has 2 rings (SSSR count). The second kappa shape index (κ2) is 4.53. The lowest BCUT2D eigenvalue weighted by atomic mass is 10.1. The van der Waals surface area contributed by atoms with Crippen LogP contribution in [0.2, 0.25) is 0 Å². The Balaban J connectivity index is 2.40. The summed E-state index contributed by atoms with van der Waals surface area (Å²) in [6.07, 6.45) is 0.378. The third kappa shape index (κ3) is 2.28. The van der Waals surface area contributed by atoms with Gasteiger partial charge in [-0.2, -0.15) is 0 Å². The van der Waals surface area contributed by atoms with Crippen LogP contribution in [0.3, 0.4) is 0 Å². The first-order valence-electron chi connectivity index (χ1n) is 5.51. The molecule has 2 aromatic rings. The molecule has 0 N–H and O–H groups in total. The number of rotatable bonds is 3. The Kier molecular flexibility index (Phi) is 3.09. The lowest BCUT2D eigenvalue weighted by molar-refractivity contribution is 0.0962. The van der Waals surface area contributed by atoms with Crippen molar-refractivity contribution in [2.45, 2.75) is 20.3 Å². The van der Waals surface area contributed by atoms with Crippen molar-refractivity contribution < 1.29 is 13.6 Å². The lowest BCUT2D eigenvalue weighted by Crippen LogP contribution is -1.92. The van der Waals surface area contributed by atoms with Gasteiger partial charge in [0.15, 0.2) is 11.5 Å². The van der Waals surface area contributed by atoms with E-state index in [4.69, 9.17) is 4.42 Å². The Hall–Kier alpha value is -1.90. The molecule has 0 aliphatic heterocycles. The molecule has 17 heavy (non-hydrogen) atoms. The molecule has 0 saturated heterocycles. The lowest BCUT2D eigenvalue weighted by Gasteiger charge is -2.00. The highest BCUT2D eigenvalue weighted by atomic mass is 19.1. The van der Waals surface area contributed by atoms with E-state index in [1.165, 1.54) is 6.07 Å². The van der Waals surface area contributed by atoms with Crippen molar-refractivity contribution in [3.8, 4) is 11.3 Å². The average molecular weight is 232 g/mol. The van der Waals surface area contributed by atoms with Gasteiger partial charge in [-0.05, 0) is 36.8 Å². The number of furan rings is 1. The van der Waals surface area contributed by atoms with Crippen LogP contribution >= 0.6 is 0 Å². The molecule has 0 fully saturated rings. The van der Waals surface area contributed by atoms with Crippen LogP contribution in [-0.2, 0) is 0 Å². The molecule has 0 unspecified atom stereocenters. The van der Waals surface area contributed by atoms with E-state index in [1.54, 1.807) is 25.1 Å². The number of carbonyl (C=O) groups is 1. The van der Waals surface area contributed by atoms with E-state index >= 15 is 0 Å². The van der Waals surface area contributed by atoms with Crippen molar-refractivity contribution in [2.75, 3.05) is 0 Å². The molecule has 0 bridgehead atoms. The maximum atomic E-state index is 13.7. The number of aryl methyl sites for hydroxylation is 1. The Morgan fingerprint density at radius 3 is 2.71 bits per heavy atom. The molecule has 1 heterocycles. The van der Waals surface area contributed by atoms with Crippen LogP contribution in [0, 0.1) is 12.7 Å². The zero-order valence-corrected chi connectivity index (χ0v) is 9.79. The van der Waals surface area contributed by atoms with E-state index in [0.717, 1.165) is 5.56 Å². The zero-order valence-electron chi connectivity index (χ0n) is 9.79. The summed E-state index contributed by atoms with van der Waals surface area (Å²) in [5.74, 6) is 0.250. The largest absolute Gasteiger partial charge is 0.453 e. The molecular formula is C14H13FO2. The highest BCUT2D eigenvalue weighted by molar-refractivity contribution is 5.93. The van der Waals surface area contributed by atoms with Crippen LogP contribution in [-0.4, -0.2) is 5.78 Å². The third-order valence-corrected chi connectivity index (χ3v) is 2.59. The summed E-state index contributed by atoms with van der Waals surface area (Å²) in [4.78, 5) is 11.4. The summed E-state index contributed by atoms with van der Waals surface area (Å²) >= 11 is 0. The Bertz CT molecular complexity index is 555. The summed E-state index contributed by atoms with van der Waals surface area (Å²) in [6.45, 7) is 3.58. The van der Waals surface area contributed by atoms with Crippen molar-refractivity contribution in [1.29, 1.82) is 0 Å². The van der Waals surface area contributed by atoms with Gasteiger partial charge in [0.25, 0.3) is 0 Å². The Labute approximate surface area is 99.1 Å². The predicted molar refractivity (Wildman–Crippen MR) is 63.5 cm³/mol. The standard InChI is InChI=1S/C14H13FO2/c1-3-12(16)14-7-6-13(17-14)10-5-4-9(2)8-11(10)15/h4-8H,3H2,1-2H3. The quantitative estimate of drug-likeness (QED) is 0.749. The zero-order chi connectivity index (χ0) is 12.4. The van der Waals surface area contributed by atoms with Gasteiger partial charge in [0.2, 0.25) is 0 Å². The molecule has 0 atom stereocenters. The van der Waals surface area contributed by atoms with Crippen molar-refractivity contribution in [2.24, 2.45) is 0 Å². The highest BCUT2D eigenvalue weighted by Gasteiger charge is 2.13. The fraction of sp³-hybridized carbons (Fsp3) is 0.214. The van der Waals surface area contributed by atoms with Crippen LogP contribution in [0.15, 0.2) is 34.7 Å². The molecule has 0 spiro atoms. The van der Waals surface area contributed by atoms with Gasteiger partial charge in [-0.15, -0.1) is 0 Å². The smallest absolute Gasteiger partial charge is 0.197 e. The van der Waals surface area contributed by atoms with Crippen LogP contribution in [0.1, 0.15) is 29.5 Å². The molecular weight excluding hydrogens is 219 g/mol. The van der Waals surface area contributed by atoms with Gasteiger partial charge in [0, 0.05) is 6.42 Å². The van der Waals surface area contributed by atoms with E-state index < -0.39 is 0 Å². The number of hydrogen-bond acceptors (Lipinski definition) is 2. The van der Waals surface area contributed by atoms with E-state index in [2.05, 4.69) is 0 Å². The van der Waals surface area contributed by atoms with Crippen LogP contribution in [0.4, 0.5) is 4.39 Å². The Morgan fingerprint density at radius 1 is 1.29 bits per heavy atom. The Morgan fingerprint density at radius 2 is 2.06 bits per heavy atom. The van der Waals surface area contributed by atoms with Crippen molar-refractivity contribution in [3.05, 3.63) is 47.5 Å². The van der Waals surface area contributed by atoms with E-state index in [1.807, 2.05) is 13.0 Å². The number of ketones is 1. The van der Waals surface area contributed by atoms with Gasteiger partial charge in [0.1, 0.15) is 11.6 Å². The minimum absolute atomic E-state index is 0.0798. The second-order valence-corrected chi connectivity index (χ2v) is 3.92. The number of Topliss-reactive ketones (excluding diaryl/α,β-unsaturated/α-hetero) is 1. The average Bonchev–Trinajstić information content (AvgIpc) is 2.77. The molecule has 2 nitrogen and oxygen atoms in total. The SMILES string of the molecule is CCC(=O)c1ccc(-c2ccc(C)cc2F)o1. The fourth-order valence-electron chi connectivity index (χ4n) is 1.63. The van der Waals surface area contributed by atoms with E-state index in [-0.39, 0.29) is 17.4 Å². The maximum absolute atomic E-state index is 13.7. The summed E-state index contributed by atoms with van der Waals surface area (Å²) in [5, 5.41) is 0. The van der Waals surface area contributed by atoms with Crippen LogP contribution in [0.25, 0.3) is 11.3 Å². The summed E-state index contributed by atoms with van der Waals surface area (Å²) in [6, 6.07) is 8.11. The maximum Gasteiger partial charge on any atom is 0.197 e. The molecule has 88 valence electrons. The van der Waals surface area contributed by atoms with Crippen LogP contribution < -0.4 is 0 Å². The summed E-state index contributed by atoms with van der Waals surface area (Å²) in [7, 11) is 0. The fourth-order valence-corrected chi connectivity index (χ4v) is 1.63. The van der Waals surface area contributed by atoms with Crippen molar-refractivity contribution >= 4 is 5.78 Å². The first-order valence-corrected chi connectivity index (χ1v) is 5.51. The molecule has 0 aliphatic carbocycles. The van der Waals surface area contributed by atoms with Gasteiger partial charge in [0.05, 0.1) is 5.56 Å². The normalized spacial score (nSPS) is 10.5. The molecule has 0 amide bonds.